The normalized spacial score (nSPS) is 17.5. The molecule has 3 rings (SSSR count). The van der Waals surface area contributed by atoms with E-state index >= 15 is 0 Å². The van der Waals surface area contributed by atoms with E-state index in [4.69, 9.17) is 4.42 Å². The third-order valence-corrected chi connectivity index (χ3v) is 3.78. The summed E-state index contributed by atoms with van der Waals surface area (Å²) >= 11 is 0. The molecule has 0 radical (unpaired) electrons. The molecule has 2 aromatic rings. The molecule has 0 aliphatic carbocycles. The summed E-state index contributed by atoms with van der Waals surface area (Å²) in [6, 6.07) is 13.0. The monoisotopic (exact) mass is 256 g/mol. The molecule has 2 heterocycles. The molecule has 19 heavy (non-hydrogen) atoms. The van der Waals surface area contributed by atoms with Gasteiger partial charge in [0.25, 0.3) is 0 Å². The van der Waals surface area contributed by atoms with Crippen molar-refractivity contribution >= 4 is 5.69 Å². The van der Waals surface area contributed by atoms with Crippen molar-refractivity contribution in [3.63, 3.8) is 0 Å². The summed E-state index contributed by atoms with van der Waals surface area (Å²) in [6.07, 6.45) is 4.15. The predicted octanol–water partition coefficient (Wildman–Crippen LogP) is 3.45. The first-order chi connectivity index (χ1) is 9.31. The van der Waals surface area contributed by atoms with Crippen molar-refractivity contribution in [2.45, 2.75) is 18.9 Å². The molecule has 1 fully saturated rings. The molecule has 0 unspecified atom stereocenters. The zero-order valence-electron chi connectivity index (χ0n) is 11.3. The van der Waals surface area contributed by atoms with Gasteiger partial charge in [-0.25, -0.2) is 0 Å². The highest BCUT2D eigenvalue weighted by Gasteiger charge is 2.16. The Kier molecular flexibility index (Phi) is 3.56. The molecule has 100 valence electrons. The number of hydrogen-bond donors (Lipinski definition) is 1. The number of likely N-dealkylation sites (tertiary alicyclic amines) is 1. The predicted molar refractivity (Wildman–Crippen MR) is 78.3 cm³/mol. The van der Waals surface area contributed by atoms with Crippen LogP contribution in [0.3, 0.4) is 0 Å². The minimum absolute atomic E-state index is 0.602. The molecule has 1 N–H and O–H groups in total. The summed E-state index contributed by atoms with van der Waals surface area (Å²) in [5.41, 5.74) is 2.32. The Morgan fingerprint density at radius 2 is 1.84 bits per heavy atom. The van der Waals surface area contributed by atoms with Crippen LogP contribution in [0.1, 0.15) is 12.8 Å². The van der Waals surface area contributed by atoms with Gasteiger partial charge in [0, 0.05) is 17.3 Å². The summed E-state index contributed by atoms with van der Waals surface area (Å²) in [5.74, 6) is 0.922. The summed E-state index contributed by atoms with van der Waals surface area (Å²) in [4.78, 5) is 2.39. The summed E-state index contributed by atoms with van der Waals surface area (Å²) in [5, 5.41) is 3.62. The average Bonchev–Trinajstić information content (AvgIpc) is 2.96. The maximum atomic E-state index is 5.40. The van der Waals surface area contributed by atoms with Crippen molar-refractivity contribution in [3.05, 3.63) is 42.7 Å². The van der Waals surface area contributed by atoms with E-state index in [0.717, 1.165) is 11.3 Å². The fourth-order valence-electron chi connectivity index (χ4n) is 2.56. The third kappa shape index (κ3) is 2.99. The fraction of sp³-hybridized carbons (Fsp3) is 0.375. The van der Waals surface area contributed by atoms with Crippen LogP contribution in [0.4, 0.5) is 5.69 Å². The van der Waals surface area contributed by atoms with Crippen LogP contribution < -0.4 is 5.32 Å². The van der Waals surface area contributed by atoms with Crippen LogP contribution >= 0.6 is 0 Å². The minimum atomic E-state index is 0.602. The molecule has 0 bridgehead atoms. The number of anilines is 1. The van der Waals surface area contributed by atoms with E-state index in [9.17, 15) is 0 Å². The highest BCUT2D eigenvalue weighted by Crippen LogP contribution is 2.23. The van der Waals surface area contributed by atoms with Gasteiger partial charge < -0.3 is 14.6 Å². The highest BCUT2D eigenvalue weighted by atomic mass is 16.3. The lowest BCUT2D eigenvalue weighted by molar-refractivity contribution is 0.264. The zero-order valence-corrected chi connectivity index (χ0v) is 11.3. The third-order valence-electron chi connectivity index (χ3n) is 3.78. The van der Waals surface area contributed by atoms with E-state index in [-0.39, 0.29) is 0 Å². The molecular weight excluding hydrogens is 236 g/mol. The Morgan fingerprint density at radius 3 is 2.47 bits per heavy atom. The lowest BCUT2D eigenvalue weighted by Gasteiger charge is -2.30. The van der Waals surface area contributed by atoms with Gasteiger partial charge in [0.15, 0.2) is 0 Å². The van der Waals surface area contributed by atoms with Gasteiger partial charge in [-0.15, -0.1) is 0 Å². The van der Waals surface area contributed by atoms with Crippen LogP contribution in [0, 0.1) is 0 Å². The van der Waals surface area contributed by atoms with Crippen LogP contribution in [0.25, 0.3) is 11.3 Å². The molecule has 3 nitrogen and oxygen atoms in total. The molecule has 0 saturated carbocycles. The number of rotatable bonds is 3. The average molecular weight is 256 g/mol. The maximum absolute atomic E-state index is 5.40. The molecule has 1 saturated heterocycles. The van der Waals surface area contributed by atoms with Crippen molar-refractivity contribution in [2.24, 2.45) is 0 Å². The van der Waals surface area contributed by atoms with E-state index in [2.05, 4.69) is 41.5 Å². The Bertz CT molecular complexity index is 496. The first-order valence-electron chi connectivity index (χ1n) is 6.90. The summed E-state index contributed by atoms with van der Waals surface area (Å²) in [6.45, 7) is 2.37. The second-order valence-electron chi connectivity index (χ2n) is 5.28. The maximum Gasteiger partial charge on any atom is 0.133 e. The number of piperidine rings is 1. The largest absolute Gasteiger partial charge is 0.464 e. The topological polar surface area (TPSA) is 28.4 Å². The molecule has 1 aromatic heterocycles. The van der Waals surface area contributed by atoms with E-state index in [1.54, 1.807) is 6.26 Å². The van der Waals surface area contributed by atoms with Crippen LogP contribution in [0.15, 0.2) is 47.1 Å². The van der Waals surface area contributed by atoms with Crippen molar-refractivity contribution in [2.75, 3.05) is 25.5 Å². The van der Waals surface area contributed by atoms with E-state index < -0.39 is 0 Å². The molecular formula is C16H20N2O. The SMILES string of the molecule is CN1CCC(Nc2ccc(-c3ccco3)cc2)CC1. The van der Waals surface area contributed by atoms with E-state index in [0.29, 0.717) is 6.04 Å². The Morgan fingerprint density at radius 1 is 1.11 bits per heavy atom. The smallest absolute Gasteiger partial charge is 0.133 e. The molecule has 1 aliphatic rings. The minimum Gasteiger partial charge on any atom is -0.464 e. The van der Waals surface area contributed by atoms with E-state index in [1.165, 1.54) is 31.6 Å². The zero-order chi connectivity index (χ0) is 13.1. The second-order valence-corrected chi connectivity index (χ2v) is 5.28. The first kappa shape index (κ1) is 12.3. The quantitative estimate of drug-likeness (QED) is 0.911. The van der Waals surface area contributed by atoms with Gasteiger partial charge in [0.05, 0.1) is 6.26 Å². The van der Waals surface area contributed by atoms with Gasteiger partial charge in [-0.05, 0) is 69.4 Å². The van der Waals surface area contributed by atoms with Crippen molar-refractivity contribution in [1.82, 2.24) is 4.90 Å². The van der Waals surface area contributed by atoms with Crippen LogP contribution in [-0.4, -0.2) is 31.1 Å². The van der Waals surface area contributed by atoms with Gasteiger partial charge >= 0.3 is 0 Å². The Hall–Kier alpha value is -1.74. The standard InChI is InChI=1S/C16H20N2O/c1-18-10-8-15(9-11-18)17-14-6-4-13(5-7-14)16-3-2-12-19-16/h2-7,12,15,17H,8-11H2,1H3. The number of furan rings is 1. The summed E-state index contributed by atoms with van der Waals surface area (Å²) in [7, 11) is 2.19. The van der Waals surface area contributed by atoms with Crippen LogP contribution in [0.5, 0.6) is 0 Å². The lowest BCUT2D eigenvalue weighted by atomic mass is 10.0. The fourth-order valence-corrected chi connectivity index (χ4v) is 2.56. The Balaban J connectivity index is 1.63. The molecule has 0 atom stereocenters. The number of hydrogen-bond acceptors (Lipinski definition) is 3. The summed E-state index contributed by atoms with van der Waals surface area (Å²) < 4.78 is 5.40. The van der Waals surface area contributed by atoms with Gasteiger partial charge in [-0.3, -0.25) is 0 Å². The van der Waals surface area contributed by atoms with Crippen LogP contribution in [-0.2, 0) is 0 Å². The molecule has 3 heteroatoms. The number of benzene rings is 1. The van der Waals surface area contributed by atoms with Gasteiger partial charge in [-0.1, -0.05) is 0 Å². The molecule has 1 aromatic carbocycles. The number of nitrogens with one attached hydrogen (secondary N) is 1. The van der Waals surface area contributed by atoms with E-state index in [1.807, 2.05) is 12.1 Å². The van der Waals surface area contributed by atoms with Crippen LogP contribution in [0.2, 0.25) is 0 Å². The van der Waals surface area contributed by atoms with Crippen molar-refractivity contribution in [1.29, 1.82) is 0 Å². The number of nitrogens with zero attached hydrogens (tertiary/aromatic N) is 1. The Labute approximate surface area is 114 Å². The van der Waals surface area contributed by atoms with Gasteiger partial charge in [0.1, 0.15) is 5.76 Å². The first-order valence-corrected chi connectivity index (χ1v) is 6.90. The van der Waals surface area contributed by atoms with Crippen molar-refractivity contribution in [3.8, 4) is 11.3 Å². The second kappa shape index (κ2) is 5.49. The highest BCUT2D eigenvalue weighted by molar-refractivity contribution is 5.61. The molecule has 0 spiro atoms. The van der Waals surface area contributed by atoms with Crippen molar-refractivity contribution < 1.29 is 4.42 Å². The molecule has 0 amide bonds. The van der Waals surface area contributed by atoms with Gasteiger partial charge in [0.2, 0.25) is 0 Å². The van der Waals surface area contributed by atoms with Gasteiger partial charge in [-0.2, -0.15) is 0 Å². The molecule has 1 aliphatic heterocycles. The lowest BCUT2D eigenvalue weighted by Crippen LogP contribution is -2.36.